The molecule has 0 radical (unpaired) electrons. The van der Waals surface area contributed by atoms with E-state index in [0.29, 0.717) is 30.1 Å². The zero-order valence-corrected chi connectivity index (χ0v) is 18.1. The minimum absolute atomic E-state index is 0.164. The average Bonchev–Trinajstić information content (AvgIpc) is 2.91. The minimum Gasteiger partial charge on any atom is -0.497 e. The van der Waals surface area contributed by atoms with Crippen LogP contribution in [0.1, 0.15) is 50.8 Å². The number of hydrogen-bond donors (Lipinski definition) is 1. The average molecular weight is 407 g/mol. The van der Waals surface area contributed by atoms with Crippen LogP contribution in [0.25, 0.3) is 0 Å². The lowest BCUT2D eigenvalue weighted by Crippen LogP contribution is -2.17. The highest BCUT2D eigenvalue weighted by molar-refractivity contribution is 7.91. The fourth-order valence-electron chi connectivity index (χ4n) is 3.20. The van der Waals surface area contributed by atoms with E-state index in [2.05, 4.69) is 5.32 Å². The maximum absolute atomic E-state index is 13.4. The van der Waals surface area contributed by atoms with Crippen LogP contribution in [0.2, 0.25) is 0 Å². The topological polar surface area (TPSA) is 77.4 Å². The molecule has 154 valence electrons. The SMILES string of the molecule is CCCCC(=O)Nc1c(S(=O)(=O)c2ccc(OC)cc2)c(C)c(C)n1CCC. The number of benzene rings is 1. The summed E-state index contributed by atoms with van der Waals surface area (Å²) >= 11 is 0. The van der Waals surface area contributed by atoms with Gasteiger partial charge in [-0.2, -0.15) is 0 Å². The lowest BCUT2D eigenvalue weighted by Gasteiger charge is -2.14. The number of amides is 1. The quantitative estimate of drug-likeness (QED) is 0.666. The van der Waals surface area contributed by atoms with Gasteiger partial charge >= 0.3 is 0 Å². The van der Waals surface area contributed by atoms with Crippen molar-refractivity contribution in [2.75, 3.05) is 12.4 Å². The third-order valence-electron chi connectivity index (χ3n) is 4.87. The Morgan fingerprint density at radius 3 is 2.29 bits per heavy atom. The fourth-order valence-corrected chi connectivity index (χ4v) is 4.89. The van der Waals surface area contributed by atoms with Gasteiger partial charge in [0.25, 0.3) is 0 Å². The Kier molecular flexibility index (Phi) is 7.29. The minimum atomic E-state index is -3.80. The number of ether oxygens (including phenoxy) is 1. The van der Waals surface area contributed by atoms with Crippen molar-refractivity contribution in [3.8, 4) is 5.75 Å². The van der Waals surface area contributed by atoms with Gasteiger partial charge in [0.15, 0.2) is 0 Å². The Morgan fingerprint density at radius 1 is 1.11 bits per heavy atom. The maximum atomic E-state index is 13.4. The summed E-state index contributed by atoms with van der Waals surface area (Å²) in [7, 11) is -2.27. The van der Waals surface area contributed by atoms with Gasteiger partial charge in [0.1, 0.15) is 16.5 Å². The molecule has 0 atom stereocenters. The Labute approximate surface area is 167 Å². The molecule has 0 spiro atoms. The summed E-state index contributed by atoms with van der Waals surface area (Å²) in [5.74, 6) is 0.792. The zero-order chi connectivity index (χ0) is 20.9. The van der Waals surface area contributed by atoms with Crippen molar-refractivity contribution < 1.29 is 17.9 Å². The number of methoxy groups -OCH3 is 1. The summed E-state index contributed by atoms with van der Waals surface area (Å²) in [4.78, 5) is 12.8. The number of carbonyl (C=O) groups is 1. The van der Waals surface area contributed by atoms with E-state index in [9.17, 15) is 13.2 Å². The monoisotopic (exact) mass is 406 g/mol. The lowest BCUT2D eigenvalue weighted by atomic mass is 10.2. The predicted molar refractivity (Wildman–Crippen MR) is 111 cm³/mol. The highest BCUT2D eigenvalue weighted by atomic mass is 32.2. The molecule has 0 saturated carbocycles. The summed E-state index contributed by atoms with van der Waals surface area (Å²) in [6.45, 7) is 8.35. The molecule has 0 fully saturated rings. The van der Waals surface area contributed by atoms with E-state index in [4.69, 9.17) is 4.74 Å². The third kappa shape index (κ3) is 4.41. The van der Waals surface area contributed by atoms with E-state index < -0.39 is 9.84 Å². The van der Waals surface area contributed by atoms with Gasteiger partial charge in [-0.3, -0.25) is 4.79 Å². The smallest absolute Gasteiger partial charge is 0.225 e. The van der Waals surface area contributed by atoms with Crippen molar-refractivity contribution in [1.82, 2.24) is 4.57 Å². The van der Waals surface area contributed by atoms with E-state index in [1.54, 1.807) is 19.1 Å². The number of unbranched alkanes of at least 4 members (excludes halogenated alkanes) is 1. The fraction of sp³-hybridized carbons (Fsp3) is 0.476. The second-order valence-corrected chi connectivity index (χ2v) is 8.76. The van der Waals surface area contributed by atoms with Gasteiger partial charge in [-0.1, -0.05) is 20.3 Å². The summed E-state index contributed by atoms with van der Waals surface area (Å²) in [5.41, 5.74) is 1.51. The van der Waals surface area contributed by atoms with Crippen LogP contribution in [0.5, 0.6) is 5.75 Å². The third-order valence-corrected chi connectivity index (χ3v) is 6.80. The molecule has 6 nitrogen and oxygen atoms in total. The molecule has 7 heteroatoms. The normalized spacial score (nSPS) is 11.5. The van der Waals surface area contributed by atoms with E-state index >= 15 is 0 Å². The number of aromatic nitrogens is 1. The summed E-state index contributed by atoms with van der Waals surface area (Å²) < 4.78 is 33.9. The first-order valence-electron chi connectivity index (χ1n) is 9.66. The standard InChI is InChI=1S/C21H30N2O4S/c1-6-8-9-19(24)22-21-20(15(3)16(4)23(21)14-7-2)28(25,26)18-12-10-17(27-5)11-13-18/h10-13H,6-9,14H2,1-5H3,(H,22,24). The van der Waals surface area contributed by atoms with Crippen LogP contribution < -0.4 is 10.1 Å². The summed E-state index contributed by atoms with van der Waals surface area (Å²) in [5, 5.41) is 2.88. The molecule has 0 unspecified atom stereocenters. The number of sulfone groups is 1. The highest BCUT2D eigenvalue weighted by Gasteiger charge is 2.30. The number of anilines is 1. The second-order valence-electron chi connectivity index (χ2n) is 6.87. The van der Waals surface area contributed by atoms with E-state index in [-0.39, 0.29) is 15.7 Å². The van der Waals surface area contributed by atoms with Gasteiger partial charge in [-0.05, 0) is 56.5 Å². The van der Waals surface area contributed by atoms with Crippen molar-refractivity contribution in [1.29, 1.82) is 0 Å². The largest absolute Gasteiger partial charge is 0.497 e. The van der Waals surface area contributed by atoms with Gasteiger partial charge in [-0.15, -0.1) is 0 Å². The molecular formula is C21H30N2O4S. The van der Waals surface area contributed by atoms with Gasteiger partial charge in [-0.25, -0.2) is 8.42 Å². The molecule has 0 aliphatic rings. The molecular weight excluding hydrogens is 376 g/mol. The summed E-state index contributed by atoms with van der Waals surface area (Å²) in [6.07, 6.45) is 2.86. The van der Waals surface area contributed by atoms with Crippen molar-refractivity contribution in [2.45, 2.75) is 69.7 Å². The molecule has 0 bridgehead atoms. The molecule has 1 heterocycles. The van der Waals surface area contributed by atoms with Crippen LogP contribution in [-0.4, -0.2) is 26.0 Å². The Hall–Kier alpha value is -2.28. The molecule has 1 N–H and O–H groups in total. The van der Waals surface area contributed by atoms with Gasteiger partial charge in [0, 0.05) is 18.7 Å². The molecule has 2 rings (SSSR count). The second kappa shape index (κ2) is 9.28. The van der Waals surface area contributed by atoms with Crippen LogP contribution in [0.4, 0.5) is 5.82 Å². The predicted octanol–water partition coefficient (Wildman–Crippen LogP) is 4.49. The molecule has 1 aromatic heterocycles. The van der Waals surface area contributed by atoms with Gasteiger partial charge in [0.2, 0.25) is 15.7 Å². The highest BCUT2D eigenvalue weighted by Crippen LogP contribution is 2.36. The number of nitrogens with zero attached hydrogens (tertiary/aromatic N) is 1. The Morgan fingerprint density at radius 2 is 1.75 bits per heavy atom. The van der Waals surface area contributed by atoms with E-state index in [1.807, 2.05) is 25.3 Å². The van der Waals surface area contributed by atoms with Crippen molar-refractivity contribution in [2.24, 2.45) is 0 Å². The molecule has 0 aliphatic heterocycles. The number of carbonyl (C=O) groups excluding carboxylic acids is 1. The van der Waals surface area contributed by atoms with Crippen LogP contribution in [0.3, 0.4) is 0 Å². The van der Waals surface area contributed by atoms with Crippen LogP contribution >= 0.6 is 0 Å². The molecule has 2 aromatic rings. The van der Waals surface area contributed by atoms with Crippen molar-refractivity contribution in [3.05, 3.63) is 35.5 Å². The van der Waals surface area contributed by atoms with Gasteiger partial charge in [0.05, 0.1) is 12.0 Å². The van der Waals surface area contributed by atoms with Crippen LogP contribution in [0, 0.1) is 13.8 Å². The summed E-state index contributed by atoms with van der Waals surface area (Å²) in [6, 6.07) is 6.31. The molecule has 0 aliphatic carbocycles. The molecule has 1 amide bonds. The van der Waals surface area contributed by atoms with Crippen LogP contribution in [0.15, 0.2) is 34.1 Å². The first-order chi connectivity index (χ1) is 13.3. The molecule has 0 saturated heterocycles. The zero-order valence-electron chi connectivity index (χ0n) is 17.3. The maximum Gasteiger partial charge on any atom is 0.225 e. The first kappa shape index (κ1) is 22.0. The Bertz CT molecular complexity index is 928. The lowest BCUT2D eigenvalue weighted by molar-refractivity contribution is -0.116. The van der Waals surface area contributed by atoms with E-state index in [1.165, 1.54) is 19.2 Å². The van der Waals surface area contributed by atoms with Crippen LogP contribution in [-0.2, 0) is 21.2 Å². The molecule has 1 aromatic carbocycles. The Balaban J connectivity index is 2.60. The van der Waals surface area contributed by atoms with Crippen molar-refractivity contribution in [3.63, 3.8) is 0 Å². The van der Waals surface area contributed by atoms with Gasteiger partial charge < -0.3 is 14.6 Å². The van der Waals surface area contributed by atoms with Crippen molar-refractivity contribution >= 4 is 21.6 Å². The molecule has 28 heavy (non-hydrogen) atoms. The number of rotatable bonds is 9. The van der Waals surface area contributed by atoms with E-state index in [0.717, 1.165) is 25.0 Å². The first-order valence-corrected chi connectivity index (χ1v) is 11.1. The number of nitrogens with one attached hydrogen (secondary N) is 1. The number of hydrogen-bond acceptors (Lipinski definition) is 4.